The number of aromatic amines is 1. The Morgan fingerprint density at radius 1 is 1.17 bits per heavy atom. The standard InChI is InChI=1S/C22H21F2N3O3/c1-29-6-7-30-19-12-25-4-2-16(19)21-17(10-13-8-14(23)11-15(24)9-13)20-18(27-21)3-5-26-22(20)28/h2,4,8-9,11-12,27H,3,5-7,10H2,1H3,(H,26,28). The second-order valence-corrected chi connectivity index (χ2v) is 7.01. The van der Waals surface area contributed by atoms with Gasteiger partial charge >= 0.3 is 0 Å². The highest BCUT2D eigenvalue weighted by atomic mass is 19.1. The number of ether oxygens (including phenoxy) is 2. The molecule has 1 aromatic carbocycles. The molecule has 0 unspecified atom stereocenters. The van der Waals surface area contributed by atoms with E-state index in [1.807, 2.05) is 0 Å². The average Bonchev–Trinajstić information content (AvgIpc) is 3.07. The van der Waals surface area contributed by atoms with Crippen molar-refractivity contribution in [1.82, 2.24) is 15.3 Å². The lowest BCUT2D eigenvalue weighted by Gasteiger charge is -2.14. The molecule has 1 aliphatic heterocycles. The van der Waals surface area contributed by atoms with E-state index in [1.54, 1.807) is 25.6 Å². The third kappa shape index (κ3) is 4.04. The molecule has 0 fully saturated rings. The van der Waals surface area contributed by atoms with E-state index in [-0.39, 0.29) is 12.3 Å². The van der Waals surface area contributed by atoms with Crippen molar-refractivity contribution in [3.63, 3.8) is 0 Å². The summed E-state index contributed by atoms with van der Waals surface area (Å²) in [6.45, 7) is 1.27. The van der Waals surface area contributed by atoms with Gasteiger partial charge in [-0.1, -0.05) is 0 Å². The van der Waals surface area contributed by atoms with Crippen molar-refractivity contribution in [3.05, 3.63) is 70.7 Å². The van der Waals surface area contributed by atoms with Crippen LogP contribution in [0.5, 0.6) is 5.75 Å². The van der Waals surface area contributed by atoms with Crippen molar-refractivity contribution in [1.29, 1.82) is 0 Å². The number of halogens is 2. The molecule has 0 saturated carbocycles. The van der Waals surface area contributed by atoms with E-state index >= 15 is 0 Å². The summed E-state index contributed by atoms with van der Waals surface area (Å²) in [4.78, 5) is 20.1. The zero-order valence-corrected chi connectivity index (χ0v) is 16.4. The van der Waals surface area contributed by atoms with E-state index in [9.17, 15) is 13.6 Å². The fraction of sp³-hybridized carbons (Fsp3) is 0.273. The van der Waals surface area contributed by atoms with E-state index in [1.165, 1.54) is 12.1 Å². The van der Waals surface area contributed by atoms with Gasteiger partial charge in [0.25, 0.3) is 5.91 Å². The van der Waals surface area contributed by atoms with Gasteiger partial charge in [0.1, 0.15) is 24.0 Å². The quantitative estimate of drug-likeness (QED) is 0.583. The first kappa shape index (κ1) is 20.0. The number of H-pyrrole nitrogens is 1. The van der Waals surface area contributed by atoms with E-state index in [4.69, 9.17) is 9.47 Å². The fourth-order valence-corrected chi connectivity index (χ4v) is 3.71. The lowest BCUT2D eigenvalue weighted by molar-refractivity contribution is 0.0945. The van der Waals surface area contributed by atoms with Gasteiger partial charge in [-0.3, -0.25) is 9.78 Å². The molecule has 156 valence electrons. The van der Waals surface area contributed by atoms with Crippen LogP contribution in [0.2, 0.25) is 0 Å². The van der Waals surface area contributed by atoms with Crippen LogP contribution >= 0.6 is 0 Å². The minimum absolute atomic E-state index is 0.184. The number of rotatable bonds is 7. The SMILES string of the molecule is COCCOc1cnccc1-c1[nH]c2c(c1Cc1cc(F)cc(F)c1)C(=O)NCC2. The molecule has 8 heteroatoms. The number of nitrogens with zero attached hydrogens (tertiary/aromatic N) is 1. The number of carbonyl (C=O) groups excluding carboxylic acids is 1. The van der Waals surface area contributed by atoms with Gasteiger partial charge in [0.15, 0.2) is 0 Å². The molecule has 0 spiro atoms. The number of benzene rings is 1. The first-order chi connectivity index (χ1) is 14.6. The second kappa shape index (κ2) is 8.62. The predicted octanol–water partition coefficient (Wildman–Crippen LogP) is 3.26. The van der Waals surface area contributed by atoms with Crippen LogP contribution in [0.3, 0.4) is 0 Å². The molecular formula is C22H21F2N3O3. The van der Waals surface area contributed by atoms with Crippen LogP contribution in [0.15, 0.2) is 36.7 Å². The molecule has 30 heavy (non-hydrogen) atoms. The number of aromatic nitrogens is 2. The molecule has 3 heterocycles. The molecule has 0 aliphatic carbocycles. The Morgan fingerprint density at radius 2 is 1.97 bits per heavy atom. The minimum Gasteiger partial charge on any atom is -0.489 e. The Labute approximate surface area is 172 Å². The van der Waals surface area contributed by atoms with Crippen molar-refractivity contribution >= 4 is 5.91 Å². The van der Waals surface area contributed by atoms with Gasteiger partial charge in [-0.15, -0.1) is 0 Å². The van der Waals surface area contributed by atoms with E-state index in [2.05, 4.69) is 15.3 Å². The summed E-state index contributed by atoms with van der Waals surface area (Å²) < 4.78 is 38.4. The number of hydrogen-bond acceptors (Lipinski definition) is 4. The van der Waals surface area contributed by atoms with Gasteiger partial charge in [0.05, 0.1) is 24.1 Å². The molecule has 0 atom stereocenters. The second-order valence-electron chi connectivity index (χ2n) is 7.01. The minimum atomic E-state index is -0.659. The van der Waals surface area contributed by atoms with Gasteiger partial charge in [0.2, 0.25) is 0 Å². The molecule has 2 N–H and O–H groups in total. The third-order valence-electron chi connectivity index (χ3n) is 4.97. The van der Waals surface area contributed by atoms with Crippen molar-refractivity contribution in [3.8, 4) is 17.0 Å². The largest absolute Gasteiger partial charge is 0.489 e. The van der Waals surface area contributed by atoms with Crippen molar-refractivity contribution in [2.45, 2.75) is 12.8 Å². The molecule has 0 bridgehead atoms. The highest BCUT2D eigenvalue weighted by Gasteiger charge is 2.28. The van der Waals surface area contributed by atoms with Gasteiger partial charge in [-0.2, -0.15) is 0 Å². The number of fused-ring (bicyclic) bond motifs is 1. The highest BCUT2D eigenvalue weighted by molar-refractivity contribution is 6.00. The summed E-state index contributed by atoms with van der Waals surface area (Å²) >= 11 is 0. The molecule has 0 saturated heterocycles. The summed E-state index contributed by atoms with van der Waals surface area (Å²) in [5, 5.41) is 2.84. The topological polar surface area (TPSA) is 76.2 Å². The molecule has 3 aromatic rings. The van der Waals surface area contributed by atoms with Gasteiger partial charge in [-0.05, 0) is 29.3 Å². The van der Waals surface area contributed by atoms with Crippen LogP contribution in [0.1, 0.15) is 27.2 Å². The van der Waals surface area contributed by atoms with Crippen molar-refractivity contribution in [2.24, 2.45) is 0 Å². The molecule has 1 amide bonds. The van der Waals surface area contributed by atoms with Crippen LogP contribution < -0.4 is 10.1 Å². The van der Waals surface area contributed by atoms with Crippen LogP contribution in [0.25, 0.3) is 11.3 Å². The third-order valence-corrected chi connectivity index (χ3v) is 4.97. The molecule has 4 rings (SSSR count). The Balaban J connectivity index is 1.82. The summed E-state index contributed by atoms with van der Waals surface area (Å²) in [5.74, 6) is -0.998. The number of hydrogen-bond donors (Lipinski definition) is 2. The number of carbonyl (C=O) groups is 1. The first-order valence-electron chi connectivity index (χ1n) is 9.60. The number of pyridine rings is 1. The zero-order chi connectivity index (χ0) is 21.1. The zero-order valence-electron chi connectivity index (χ0n) is 16.4. The van der Waals surface area contributed by atoms with Crippen LogP contribution in [-0.4, -0.2) is 42.7 Å². The Kier molecular flexibility index (Phi) is 5.76. The Bertz CT molecular complexity index is 1060. The van der Waals surface area contributed by atoms with Crippen LogP contribution in [0.4, 0.5) is 8.78 Å². The highest BCUT2D eigenvalue weighted by Crippen LogP contribution is 2.36. The molecule has 0 radical (unpaired) electrons. The van der Waals surface area contributed by atoms with Gasteiger partial charge in [-0.25, -0.2) is 8.78 Å². The van der Waals surface area contributed by atoms with Crippen LogP contribution in [0, 0.1) is 11.6 Å². The predicted molar refractivity (Wildman–Crippen MR) is 107 cm³/mol. The summed E-state index contributed by atoms with van der Waals surface area (Å²) in [7, 11) is 1.58. The van der Waals surface area contributed by atoms with Gasteiger partial charge < -0.3 is 19.8 Å². The normalized spacial score (nSPS) is 13.1. The number of methoxy groups -OCH3 is 1. The Morgan fingerprint density at radius 3 is 2.73 bits per heavy atom. The fourth-order valence-electron chi connectivity index (χ4n) is 3.71. The molecule has 6 nitrogen and oxygen atoms in total. The maximum Gasteiger partial charge on any atom is 0.253 e. The molecule has 2 aromatic heterocycles. The van der Waals surface area contributed by atoms with Crippen molar-refractivity contribution < 1.29 is 23.0 Å². The lowest BCUT2D eigenvalue weighted by Crippen LogP contribution is -2.32. The maximum atomic E-state index is 13.8. The molecule has 1 aliphatic rings. The lowest BCUT2D eigenvalue weighted by atomic mass is 9.95. The summed E-state index contributed by atoms with van der Waals surface area (Å²) in [6.07, 6.45) is 4.04. The van der Waals surface area contributed by atoms with E-state index in [0.29, 0.717) is 54.3 Å². The van der Waals surface area contributed by atoms with E-state index < -0.39 is 11.6 Å². The Hall–Kier alpha value is -3.26. The first-order valence-corrected chi connectivity index (χ1v) is 9.60. The monoisotopic (exact) mass is 413 g/mol. The van der Waals surface area contributed by atoms with Crippen molar-refractivity contribution in [2.75, 3.05) is 26.9 Å². The van der Waals surface area contributed by atoms with Crippen LogP contribution in [-0.2, 0) is 17.6 Å². The van der Waals surface area contributed by atoms with E-state index in [0.717, 1.165) is 17.3 Å². The van der Waals surface area contributed by atoms with Gasteiger partial charge in [0, 0.05) is 50.0 Å². The number of nitrogens with one attached hydrogen (secondary N) is 2. The number of amides is 1. The summed E-state index contributed by atoms with van der Waals surface area (Å²) in [5.41, 5.74) is 3.80. The maximum absolute atomic E-state index is 13.8. The summed E-state index contributed by atoms with van der Waals surface area (Å²) in [6, 6.07) is 5.16. The smallest absolute Gasteiger partial charge is 0.253 e. The average molecular weight is 413 g/mol. The molecular weight excluding hydrogens is 392 g/mol.